The van der Waals surface area contributed by atoms with Crippen molar-refractivity contribution in [2.45, 2.75) is 62.9 Å². The van der Waals surface area contributed by atoms with E-state index >= 15 is 0 Å². The molecule has 2 rings (SSSR count). The number of hydrogen-bond donors (Lipinski definition) is 1. The van der Waals surface area contributed by atoms with E-state index in [1.54, 1.807) is 0 Å². The van der Waals surface area contributed by atoms with E-state index in [0.29, 0.717) is 19.4 Å². The Balaban J connectivity index is 1.80. The van der Waals surface area contributed by atoms with Crippen LogP contribution in [0.4, 0.5) is 13.2 Å². The van der Waals surface area contributed by atoms with Crippen molar-refractivity contribution in [3.8, 4) is 0 Å². The third-order valence-corrected chi connectivity index (χ3v) is 5.44. The third-order valence-electron chi connectivity index (χ3n) is 4.86. The van der Waals surface area contributed by atoms with Gasteiger partial charge >= 0.3 is 6.18 Å². The van der Waals surface area contributed by atoms with Gasteiger partial charge in [-0.3, -0.25) is 4.79 Å². The molecule has 0 aliphatic heterocycles. The molecule has 4 atom stereocenters. The summed E-state index contributed by atoms with van der Waals surface area (Å²) in [6.07, 6.45) is 1.13. The Morgan fingerprint density at radius 1 is 1.10 bits per heavy atom. The van der Waals surface area contributed by atoms with Gasteiger partial charge in [-0.1, -0.05) is 19.3 Å². The van der Waals surface area contributed by atoms with Gasteiger partial charge in [0.25, 0.3) is 0 Å². The van der Waals surface area contributed by atoms with E-state index in [1.165, 1.54) is 0 Å². The molecule has 0 heterocycles. The molecule has 0 saturated heterocycles. The van der Waals surface area contributed by atoms with Crippen LogP contribution in [0.5, 0.6) is 0 Å². The number of hydrogen-bond acceptors (Lipinski definition) is 1. The van der Waals surface area contributed by atoms with Gasteiger partial charge in [-0.15, -0.1) is 11.6 Å². The van der Waals surface area contributed by atoms with Gasteiger partial charge < -0.3 is 5.32 Å². The lowest BCUT2D eigenvalue weighted by atomic mass is 9.80. The zero-order valence-electron chi connectivity index (χ0n) is 12.1. The number of nitrogens with one attached hydrogen (secondary N) is 1. The Labute approximate surface area is 128 Å². The lowest BCUT2D eigenvalue weighted by molar-refractivity contribution is -0.186. The maximum atomic E-state index is 12.8. The SMILES string of the molecule is O=C(NCC1CCCCC1Cl)C1CCCC(C(F)(F)F)C1. The van der Waals surface area contributed by atoms with Gasteiger partial charge in [0.05, 0.1) is 5.92 Å². The summed E-state index contributed by atoms with van der Waals surface area (Å²) in [5.74, 6) is -1.79. The fourth-order valence-electron chi connectivity index (χ4n) is 3.49. The van der Waals surface area contributed by atoms with Gasteiger partial charge in [-0.25, -0.2) is 0 Å². The molecule has 1 N–H and O–H groups in total. The minimum Gasteiger partial charge on any atom is -0.356 e. The van der Waals surface area contributed by atoms with Crippen LogP contribution >= 0.6 is 11.6 Å². The summed E-state index contributed by atoms with van der Waals surface area (Å²) in [5.41, 5.74) is 0. The minimum atomic E-state index is -4.18. The summed E-state index contributed by atoms with van der Waals surface area (Å²) in [4.78, 5) is 12.1. The molecule has 122 valence electrons. The molecule has 2 fully saturated rings. The third kappa shape index (κ3) is 4.76. The first-order valence-corrected chi connectivity index (χ1v) is 8.30. The van der Waals surface area contributed by atoms with Crippen molar-refractivity contribution in [2.75, 3.05) is 6.54 Å². The van der Waals surface area contributed by atoms with E-state index in [-0.39, 0.29) is 30.0 Å². The summed E-state index contributed by atoms with van der Waals surface area (Å²) >= 11 is 6.23. The molecular weight excluding hydrogens is 303 g/mol. The molecule has 0 aromatic carbocycles. The average molecular weight is 326 g/mol. The molecule has 21 heavy (non-hydrogen) atoms. The van der Waals surface area contributed by atoms with E-state index in [1.807, 2.05) is 0 Å². The Morgan fingerprint density at radius 3 is 2.48 bits per heavy atom. The lowest BCUT2D eigenvalue weighted by Crippen LogP contribution is -2.40. The molecule has 2 saturated carbocycles. The topological polar surface area (TPSA) is 29.1 Å². The van der Waals surface area contributed by atoms with Gasteiger partial charge in [0.15, 0.2) is 0 Å². The highest BCUT2D eigenvalue weighted by Gasteiger charge is 2.43. The minimum absolute atomic E-state index is 0.0652. The van der Waals surface area contributed by atoms with Crippen molar-refractivity contribution in [3.63, 3.8) is 0 Å². The summed E-state index contributed by atoms with van der Waals surface area (Å²) in [7, 11) is 0. The molecule has 2 aliphatic carbocycles. The van der Waals surface area contributed by atoms with E-state index in [9.17, 15) is 18.0 Å². The van der Waals surface area contributed by atoms with Crippen molar-refractivity contribution in [2.24, 2.45) is 17.8 Å². The number of rotatable bonds is 3. The monoisotopic (exact) mass is 325 g/mol. The number of amides is 1. The molecule has 0 aromatic rings. The van der Waals surface area contributed by atoms with Crippen LogP contribution in [-0.4, -0.2) is 24.0 Å². The van der Waals surface area contributed by atoms with Crippen LogP contribution in [0.3, 0.4) is 0 Å². The molecule has 0 spiro atoms. The van der Waals surface area contributed by atoms with Crippen LogP contribution < -0.4 is 5.32 Å². The van der Waals surface area contributed by atoms with Crippen molar-refractivity contribution in [1.29, 1.82) is 0 Å². The Kier molecular flexibility index (Phi) is 5.81. The molecular formula is C15H23ClF3NO. The zero-order valence-corrected chi connectivity index (χ0v) is 12.8. The number of halogens is 4. The van der Waals surface area contributed by atoms with E-state index in [2.05, 4.69) is 5.32 Å². The normalized spacial score (nSPS) is 34.5. The summed E-state index contributed by atoms with van der Waals surface area (Å²) in [6.45, 7) is 0.500. The van der Waals surface area contributed by atoms with Gasteiger partial charge in [-0.2, -0.15) is 13.2 Å². The van der Waals surface area contributed by atoms with Crippen LogP contribution in [0.15, 0.2) is 0 Å². The van der Waals surface area contributed by atoms with Crippen molar-refractivity contribution in [3.05, 3.63) is 0 Å². The second-order valence-corrected chi connectivity index (χ2v) is 6.97. The maximum Gasteiger partial charge on any atom is 0.391 e. The fourth-order valence-corrected chi connectivity index (χ4v) is 3.86. The molecule has 6 heteroatoms. The second-order valence-electron chi connectivity index (χ2n) is 6.41. The van der Waals surface area contributed by atoms with Gasteiger partial charge in [0, 0.05) is 17.8 Å². The maximum absolute atomic E-state index is 12.8. The lowest BCUT2D eigenvalue weighted by Gasteiger charge is -2.31. The van der Waals surface area contributed by atoms with Crippen LogP contribution in [0.1, 0.15) is 51.4 Å². The highest BCUT2D eigenvalue weighted by molar-refractivity contribution is 6.20. The molecule has 2 aliphatic rings. The van der Waals surface area contributed by atoms with E-state index in [0.717, 1.165) is 25.7 Å². The first-order valence-electron chi connectivity index (χ1n) is 7.86. The number of carbonyl (C=O) groups excluding carboxylic acids is 1. The largest absolute Gasteiger partial charge is 0.391 e. The number of carbonyl (C=O) groups is 1. The summed E-state index contributed by atoms with van der Waals surface area (Å²) in [6, 6.07) is 0. The highest BCUT2D eigenvalue weighted by Crippen LogP contribution is 2.40. The smallest absolute Gasteiger partial charge is 0.356 e. The first-order chi connectivity index (χ1) is 9.88. The van der Waals surface area contributed by atoms with Gasteiger partial charge in [0.1, 0.15) is 0 Å². The molecule has 0 bridgehead atoms. The van der Waals surface area contributed by atoms with Gasteiger partial charge in [0.2, 0.25) is 5.91 Å². The van der Waals surface area contributed by atoms with Crippen LogP contribution in [0.2, 0.25) is 0 Å². The second kappa shape index (κ2) is 7.21. The molecule has 0 aromatic heterocycles. The first kappa shape index (κ1) is 16.9. The fraction of sp³-hybridized carbons (Fsp3) is 0.933. The van der Waals surface area contributed by atoms with Crippen molar-refractivity contribution < 1.29 is 18.0 Å². The van der Waals surface area contributed by atoms with E-state index in [4.69, 9.17) is 11.6 Å². The summed E-state index contributed by atoms with van der Waals surface area (Å²) < 4.78 is 38.3. The van der Waals surface area contributed by atoms with Crippen molar-refractivity contribution >= 4 is 17.5 Å². The average Bonchev–Trinajstić information content (AvgIpc) is 2.45. The Morgan fingerprint density at radius 2 is 1.81 bits per heavy atom. The molecule has 1 amide bonds. The molecule has 4 unspecified atom stereocenters. The van der Waals surface area contributed by atoms with Crippen LogP contribution in [0.25, 0.3) is 0 Å². The van der Waals surface area contributed by atoms with E-state index < -0.39 is 18.0 Å². The van der Waals surface area contributed by atoms with Crippen LogP contribution in [-0.2, 0) is 4.79 Å². The quantitative estimate of drug-likeness (QED) is 0.771. The Hall–Kier alpha value is -0.450. The summed E-state index contributed by atoms with van der Waals surface area (Å²) in [5, 5.41) is 2.91. The van der Waals surface area contributed by atoms with Crippen molar-refractivity contribution in [1.82, 2.24) is 5.32 Å². The Bertz CT molecular complexity index is 361. The standard InChI is InChI=1S/C15H23ClF3NO/c16-13-7-2-1-4-11(13)9-20-14(21)10-5-3-6-12(8-10)15(17,18)19/h10-13H,1-9H2,(H,20,21). The van der Waals surface area contributed by atoms with Gasteiger partial charge in [-0.05, 0) is 38.0 Å². The zero-order chi connectivity index (χ0) is 15.5. The molecule has 0 radical (unpaired) electrons. The molecule has 2 nitrogen and oxygen atoms in total. The van der Waals surface area contributed by atoms with Crippen LogP contribution in [0, 0.1) is 17.8 Å². The predicted octanol–water partition coefficient (Wildman–Crippen LogP) is 4.27. The highest BCUT2D eigenvalue weighted by atomic mass is 35.5. The predicted molar refractivity (Wildman–Crippen MR) is 76.1 cm³/mol. The number of alkyl halides is 4.